The molecule has 1 saturated carbocycles. The molecule has 1 aromatic carbocycles. The maximum atomic E-state index is 6.10. The van der Waals surface area contributed by atoms with E-state index in [2.05, 4.69) is 30.9 Å². The smallest absolute Gasteiger partial charge is 0.0350 e. The molecule has 0 amide bonds. The largest absolute Gasteiger partial charge is 0.398 e. The molecule has 2 unspecified atom stereocenters. The van der Waals surface area contributed by atoms with Crippen LogP contribution in [0.5, 0.6) is 0 Å². The third-order valence-electron chi connectivity index (χ3n) is 5.24. The molecule has 0 spiro atoms. The summed E-state index contributed by atoms with van der Waals surface area (Å²) in [7, 11) is 0. The summed E-state index contributed by atoms with van der Waals surface area (Å²) in [5, 5.41) is 0. The number of hydrogen-bond acceptors (Lipinski definition) is 2. The maximum Gasteiger partial charge on any atom is 0.0350 e. The molecule has 3 rings (SSSR count). The minimum Gasteiger partial charge on any atom is -0.398 e. The molecule has 2 N–H and O–H groups in total. The molecule has 1 heterocycles. The second-order valence-electron chi connectivity index (χ2n) is 6.58. The minimum absolute atomic E-state index is 0.767. The molecule has 2 nitrogen and oxygen atoms in total. The fourth-order valence-electron chi connectivity index (χ4n) is 4.30. The van der Waals surface area contributed by atoms with Crippen molar-refractivity contribution in [2.75, 3.05) is 12.3 Å². The van der Waals surface area contributed by atoms with E-state index in [1.54, 1.807) is 0 Å². The topological polar surface area (TPSA) is 29.3 Å². The van der Waals surface area contributed by atoms with Crippen LogP contribution in [0.15, 0.2) is 18.2 Å². The van der Waals surface area contributed by atoms with Crippen molar-refractivity contribution in [3.63, 3.8) is 0 Å². The molecular weight excluding hydrogens is 232 g/mol. The molecule has 19 heavy (non-hydrogen) atoms. The zero-order valence-corrected chi connectivity index (χ0v) is 12.2. The fourth-order valence-corrected chi connectivity index (χ4v) is 4.30. The van der Waals surface area contributed by atoms with Gasteiger partial charge in [-0.15, -0.1) is 0 Å². The molecule has 1 aliphatic carbocycles. The van der Waals surface area contributed by atoms with E-state index in [4.69, 9.17) is 5.73 Å². The van der Waals surface area contributed by atoms with E-state index in [1.807, 2.05) is 6.07 Å². The highest BCUT2D eigenvalue weighted by Gasteiger charge is 2.34. The van der Waals surface area contributed by atoms with Crippen LogP contribution in [0.4, 0.5) is 5.69 Å². The molecule has 0 aromatic heterocycles. The van der Waals surface area contributed by atoms with Crippen LogP contribution in [-0.4, -0.2) is 17.5 Å². The lowest BCUT2D eigenvalue weighted by molar-refractivity contribution is 0.0587. The number of hydrogen-bond donors (Lipinski definition) is 1. The van der Waals surface area contributed by atoms with Gasteiger partial charge >= 0.3 is 0 Å². The van der Waals surface area contributed by atoms with Gasteiger partial charge in [0, 0.05) is 24.8 Å². The van der Waals surface area contributed by atoms with Gasteiger partial charge in [0.25, 0.3) is 0 Å². The molecule has 1 aliphatic heterocycles. The second kappa shape index (κ2) is 5.16. The predicted molar refractivity (Wildman–Crippen MR) is 80.9 cm³/mol. The van der Waals surface area contributed by atoms with Gasteiger partial charge in [0.05, 0.1) is 0 Å². The van der Waals surface area contributed by atoms with Crippen LogP contribution >= 0.6 is 0 Å². The third kappa shape index (κ3) is 2.38. The number of rotatable bonds is 1. The first-order valence-electron chi connectivity index (χ1n) is 7.77. The highest BCUT2D eigenvalue weighted by molar-refractivity contribution is 5.51. The van der Waals surface area contributed by atoms with Crippen molar-refractivity contribution < 1.29 is 0 Å². The van der Waals surface area contributed by atoms with Crippen molar-refractivity contribution in [3.05, 3.63) is 29.3 Å². The van der Waals surface area contributed by atoms with Gasteiger partial charge in [-0.1, -0.05) is 32.4 Å². The van der Waals surface area contributed by atoms with Gasteiger partial charge < -0.3 is 5.73 Å². The molecule has 2 aliphatic rings. The first-order valence-corrected chi connectivity index (χ1v) is 7.77. The van der Waals surface area contributed by atoms with E-state index in [0.717, 1.165) is 36.5 Å². The Morgan fingerprint density at radius 2 is 1.89 bits per heavy atom. The lowest BCUT2D eigenvalue weighted by atomic mass is 9.77. The molecule has 104 valence electrons. The summed E-state index contributed by atoms with van der Waals surface area (Å²) < 4.78 is 0. The Balaban J connectivity index is 1.81. The number of nitrogens with zero attached hydrogens (tertiary/aromatic N) is 1. The lowest BCUT2D eigenvalue weighted by Crippen LogP contribution is -2.48. The normalized spacial score (nSPS) is 32.0. The van der Waals surface area contributed by atoms with Crippen LogP contribution < -0.4 is 5.73 Å². The van der Waals surface area contributed by atoms with Crippen LogP contribution in [0.2, 0.25) is 0 Å². The summed E-state index contributed by atoms with van der Waals surface area (Å²) in [6.07, 6.45) is 5.33. The summed E-state index contributed by atoms with van der Waals surface area (Å²) in [4.78, 5) is 2.72. The Morgan fingerprint density at radius 1 is 1.16 bits per heavy atom. The Labute approximate surface area is 117 Å². The van der Waals surface area contributed by atoms with E-state index in [-0.39, 0.29) is 0 Å². The van der Waals surface area contributed by atoms with Gasteiger partial charge in [-0.3, -0.25) is 4.90 Å². The van der Waals surface area contributed by atoms with Gasteiger partial charge in [0.2, 0.25) is 0 Å². The summed E-state index contributed by atoms with van der Waals surface area (Å²) >= 11 is 0. The van der Waals surface area contributed by atoms with Crippen LogP contribution in [0.1, 0.15) is 44.2 Å². The third-order valence-corrected chi connectivity index (χ3v) is 5.24. The van der Waals surface area contributed by atoms with Gasteiger partial charge in [-0.05, 0) is 48.3 Å². The van der Waals surface area contributed by atoms with E-state index in [0.29, 0.717) is 0 Å². The van der Waals surface area contributed by atoms with E-state index in [1.165, 1.54) is 36.9 Å². The predicted octanol–water partition coefficient (Wildman–Crippen LogP) is 3.45. The minimum atomic E-state index is 0.767. The van der Waals surface area contributed by atoms with Crippen LogP contribution in [0.3, 0.4) is 0 Å². The average molecular weight is 258 g/mol. The van der Waals surface area contributed by atoms with Gasteiger partial charge in [0.1, 0.15) is 0 Å². The van der Waals surface area contributed by atoms with E-state index < -0.39 is 0 Å². The zero-order valence-electron chi connectivity index (χ0n) is 12.2. The Hall–Kier alpha value is -1.02. The first kappa shape index (κ1) is 13.0. The van der Waals surface area contributed by atoms with Crippen LogP contribution in [0.25, 0.3) is 0 Å². The highest BCUT2D eigenvalue weighted by atomic mass is 15.2. The standard InChI is InChI=1S/C17H26N2/c1-12-5-3-6-13(2)17(12)19-10-9-15-14(11-19)7-4-8-16(15)18/h4,7-8,12-13,17H,3,5-6,9-11,18H2,1-2H3. The van der Waals surface area contributed by atoms with Gasteiger partial charge in [-0.25, -0.2) is 0 Å². The highest BCUT2D eigenvalue weighted by Crippen LogP contribution is 2.35. The number of fused-ring (bicyclic) bond motifs is 1. The zero-order chi connectivity index (χ0) is 13.4. The van der Waals surface area contributed by atoms with Crippen molar-refractivity contribution in [2.45, 2.75) is 52.1 Å². The molecule has 2 atom stereocenters. The lowest BCUT2D eigenvalue weighted by Gasteiger charge is -2.44. The van der Waals surface area contributed by atoms with Crippen LogP contribution in [-0.2, 0) is 13.0 Å². The number of nitrogen functional groups attached to an aromatic ring is 1. The molecule has 0 saturated heterocycles. The van der Waals surface area contributed by atoms with E-state index in [9.17, 15) is 0 Å². The Kier molecular flexibility index (Phi) is 3.53. The number of nitrogens with two attached hydrogens (primary N) is 1. The summed E-state index contributed by atoms with van der Waals surface area (Å²) in [5.74, 6) is 1.68. The van der Waals surface area contributed by atoms with Crippen molar-refractivity contribution in [3.8, 4) is 0 Å². The Morgan fingerprint density at radius 3 is 2.63 bits per heavy atom. The molecular formula is C17H26N2. The van der Waals surface area contributed by atoms with Gasteiger partial charge in [-0.2, -0.15) is 0 Å². The average Bonchev–Trinajstić information content (AvgIpc) is 2.39. The monoisotopic (exact) mass is 258 g/mol. The van der Waals surface area contributed by atoms with Crippen LogP contribution in [0, 0.1) is 11.8 Å². The van der Waals surface area contributed by atoms with Crippen molar-refractivity contribution in [2.24, 2.45) is 11.8 Å². The summed E-state index contributed by atoms with van der Waals surface area (Å²) in [5.41, 5.74) is 9.94. The molecule has 1 fully saturated rings. The molecule has 0 radical (unpaired) electrons. The number of anilines is 1. The van der Waals surface area contributed by atoms with Crippen molar-refractivity contribution >= 4 is 5.69 Å². The first-order chi connectivity index (χ1) is 9.16. The van der Waals surface area contributed by atoms with E-state index >= 15 is 0 Å². The molecule has 1 aromatic rings. The quantitative estimate of drug-likeness (QED) is 0.782. The van der Waals surface area contributed by atoms with Gasteiger partial charge in [0.15, 0.2) is 0 Å². The molecule has 2 heteroatoms. The number of benzene rings is 1. The van der Waals surface area contributed by atoms with Crippen molar-refractivity contribution in [1.82, 2.24) is 4.90 Å². The van der Waals surface area contributed by atoms with Crippen molar-refractivity contribution in [1.29, 1.82) is 0 Å². The summed E-state index contributed by atoms with van der Waals surface area (Å²) in [6.45, 7) is 7.16. The maximum absolute atomic E-state index is 6.10. The molecule has 0 bridgehead atoms. The SMILES string of the molecule is CC1CCCC(C)C1N1CCc2c(N)cccc2C1. The fraction of sp³-hybridized carbons (Fsp3) is 0.647. The second-order valence-corrected chi connectivity index (χ2v) is 6.58. The Bertz CT molecular complexity index is 445. The summed E-state index contributed by atoms with van der Waals surface area (Å²) in [6, 6.07) is 7.17.